The molecule has 4 nitrogen and oxygen atoms in total. The summed E-state index contributed by atoms with van der Waals surface area (Å²) in [4.78, 5) is 11.7. The number of nitrogens with one attached hydrogen (secondary N) is 2. The highest BCUT2D eigenvalue weighted by atomic mass is 79.9. The molecule has 0 atom stereocenters. The summed E-state index contributed by atoms with van der Waals surface area (Å²) in [6.07, 6.45) is 3.12. The van der Waals surface area contributed by atoms with Gasteiger partial charge in [-0.25, -0.2) is 0 Å². The molecule has 19 heavy (non-hydrogen) atoms. The van der Waals surface area contributed by atoms with Crippen molar-refractivity contribution in [2.45, 2.75) is 19.3 Å². The molecule has 0 heterocycles. The van der Waals surface area contributed by atoms with E-state index in [1.54, 1.807) is 0 Å². The van der Waals surface area contributed by atoms with Crippen LogP contribution in [0.25, 0.3) is 0 Å². The third-order valence-electron chi connectivity index (χ3n) is 3.51. The first-order valence-electron chi connectivity index (χ1n) is 6.51. The van der Waals surface area contributed by atoms with Crippen LogP contribution >= 0.6 is 15.9 Å². The molecule has 0 bridgehead atoms. The van der Waals surface area contributed by atoms with Crippen LogP contribution in [-0.2, 0) is 4.79 Å². The topological polar surface area (TPSA) is 61.4 Å². The Hall–Kier alpha value is -0.910. The molecule has 1 aromatic carbocycles. The van der Waals surface area contributed by atoms with E-state index in [4.69, 9.17) is 5.11 Å². The van der Waals surface area contributed by atoms with Gasteiger partial charge in [-0.3, -0.25) is 4.79 Å². The van der Waals surface area contributed by atoms with E-state index in [9.17, 15) is 4.79 Å². The molecule has 1 aliphatic carbocycles. The number of amides is 1. The molecule has 3 N–H and O–H groups in total. The van der Waals surface area contributed by atoms with Crippen molar-refractivity contribution in [3.63, 3.8) is 0 Å². The van der Waals surface area contributed by atoms with Crippen molar-refractivity contribution in [1.29, 1.82) is 0 Å². The van der Waals surface area contributed by atoms with Crippen molar-refractivity contribution >= 4 is 27.5 Å². The van der Waals surface area contributed by atoms with Gasteiger partial charge in [-0.2, -0.15) is 0 Å². The van der Waals surface area contributed by atoms with Gasteiger partial charge in [0.25, 0.3) is 0 Å². The van der Waals surface area contributed by atoms with Gasteiger partial charge >= 0.3 is 0 Å². The average molecular weight is 327 g/mol. The Morgan fingerprint density at radius 1 is 1.32 bits per heavy atom. The molecule has 0 radical (unpaired) electrons. The fraction of sp³-hybridized carbons (Fsp3) is 0.500. The molecular weight excluding hydrogens is 308 g/mol. The Morgan fingerprint density at radius 2 is 2.00 bits per heavy atom. The summed E-state index contributed by atoms with van der Waals surface area (Å²) in [7, 11) is 0. The number of benzene rings is 1. The molecule has 1 amide bonds. The first-order valence-corrected chi connectivity index (χ1v) is 7.30. The molecular formula is C14H19BrN2O2. The van der Waals surface area contributed by atoms with Crippen LogP contribution < -0.4 is 10.6 Å². The zero-order valence-electron chi connectivity index (χ0n) is 10.8. The second kappa shape index (κ2) is 6.50. The maximum absolute atomic E-state index is 11.7. The van der Waals surface area contributed by atoms with Crippen LogP contribution in [0.2, 0.25) is 0 Å². The summed E-state index contributed by atoms with van der Waals surface area (Å²) in [5, 5.41) is 15.0. The zero-order chi connectivity index (χ0) is 13.7. The number of carbonyl (C=O) groups excluding carboxylic acids is 1. The lowest BCUT2D eigenvalue weighted by Gasteiger charge is -2.14. The molecule has 0 aromatic heterocycles. The van der Waals surface area contributed by atoms with E-state index in [2.05, 4.69) is 26.6 Å². The highest BCUT2D eigenvalue weighted by Crippen LogP contribution is 2.47. The van der Waals surface area contributed by atoms with Crippen LogP contribution in [0.4, 0.5) is 5.69 Å². The molecule has 0 saturated heterocycles. The Balaban J connectivity index is 1.69. The third-order valence-corrected chi connectivity index (χ3v) is 4.04. The van der Waals surface area contributed by atoms with Gasteiger partial charge in [-0.1, -0.05) is 15.9 Å². The van der Waals surface area contributed by atoms with Gasteiger partial charge in [0, 0.05) is 23.3 Å². The summed E-state index contributed by atoms with van der Waals surface area (Å²) >= 11 is 3.35. The predicted octanol–water partition coefficient (Wildman–Crippen LogP) is 2.14. The fourth-order valence-electron chi connectivity index (χ4n) is 2.11. The highest BCUT2D eigenvalue weighted by Gasteiger charge is 2.41. The zero-order valence-corrected chi connectivity index (χ0v) is 12.4. The Kier molecular flexibility index (Phi) is 4.96. The molecule has 104 valence electrons. The lowest BCUT2D eigenvalue weighted by molar-refractivity contribution is -0.115. The van der Waals surface area contributed by atoms with E-state index in [1.165, 1.54) is 0 Å². The maximum Gasteiger partial charge on any atom is 0.238 e. The van der Waals surface area contributed by atoms with Gasteiger partial charge < -0.3 is 15.7 Å². The normalized spacial score (nSPS) is 16.1. The second-order valence-corrected chi connectivity index (χ2v) is 6.05. The van der Waals surface area contributed by atoms with Crippen LogP contribution in [0.5, 0.6) is 0 Å². The Bertz CT molecular complexity index is 430. The van der Waals surface area contributed by atoms with Gasteiger partial charge in [0.2, 0.25) is 5.91 Å². The predicted molar refractivity (Wildman–Crippen MR) is 79.0 cm³/mol. The third kappa shape index (κ3) is 4.60. The maximum atomic E-state index is 11.7. The second-order valence-electron chi connectivity index (χ2n) is 5.13. The molecule has 0 aliphatic heterocycles. The largest absolute Gasteiger partial charge is 0.396 e. The standard InChI is InChI=1S/C14H19BrN2O2/c15-11-1-3-12(4-2-11)17-13(19)9-16-10-14(5-6-14)7-8-18/h1-4,16,18H,5-10H2,(H,17,19). The Labute approximate surface area is 121 Å². The number of aliphatic hydroxyl groups excluding tert-OH is 1. The SMILES string of the molecule is O=C(CNCC1(CCO)CC1)Nc1ccc(Br)cc1. The lowest BCUT2D eigenvalue weighted by atomic mass is 10.0. The van der Waals surface area contributed by atoms with E-state index in [0.29, 0.717) is 6.54 Å². The summed E-state index contributed by atoms with van der Waals surface area (Å²) in [5.41, 5.74) is 1.04. The average Bonchev–Trinajstić information content (AvgIpc) is 3.13. The number of hydrogen-bond acceptors (Lipinski definition) is 3. The lowest BCUT2D eigenvalue weighted by Crippen LogP contribution is -2.32. The van der Waals surface area contributed by atoms with E-state index in [0.717, 1.165) is 36.0 Å². The van der Waals surface area contributed by atoms with Crippen LogP contribution in [0.1, 0.15) is 19.3 Å². The van der Waals surface area contributed by atoms with E-state index >= 15 is 0 Å². The summed E-state index contributed by atoms with van der Waals surface area (Å²) in [6.45, 7) is 1.34. The number of carbonyl (C=O) groups is 1. The van der Waals surface area contributed by atoms with Gasteiger partial charge in [0.1, 0.15) is 0 Å². The van der Waals surface area contributed by atoms with Gasteiger partial charge in [-0.05, 0) is 48.9 Å². The summed E-state index contributed by atoms with van der Waals surface area (Å²) in [5.74, 6) is -0.0397. The van der Waals surface area contributed by atoms with E-state index < -0.39 is 0 Å². The fourth-order valence-corrected chi connectivity index (χ4v) is 2.37. The van der Waals surface area contributed by atoms with E-state index in [1.807, 2.05) is 24.3 Å². The van der Waals surface area contributed by atoms with Crippen molar-refractivity contribution in [3.05, 3.63) is 28.7 Å². The molecule has 0 spiro atoms. The van der Waals surface area contributed by atoms with Crippen LogP contribution in [0, 0.1) is 5.41 Å². The van der Waals surface area contributed by atoms with Crippen molar-refractivity contribution in [1.82, 2.24) is 5.32 Å². The summed E-state index contributed by atoms with van der Waals surface area (Å²) in [6, 6.07) is 7.50. The highest BCUT2D eigenvalue weighted by molar-refractivity contribution is 9.10. The Morgan fingerprint density at radius 3 is 2.58 bits per heavy atom. The molecule has 0 unspecified atom stereocenters. The molecule has 1 aromatic rings. The van der Waals surface area contributed by atoms with Crippen LogP contribution in [0.15, 0.2) is 28.7 Å². The van der Waals surface area contributed by atoms with Gasteiger partial charge in [0.15, 0.2) is 0 Å². The van der Waals surface area contributed by atoms with Crippen LogP contribution in [-0.4, -0.2) is 30.7 Å². The first kappa shape index (κ1) is 14.5. The van der Waals surface area contributed by atoms with Crippen molar-refractivity contribution in [2.75, 3.05) is 25.0 Å². The minimum absolute atomic E-state index is 0.0397. The quantitative estimate of drug-likeness (QED) is 0.719. The number of aliphatic hydroxyl groups is 1. The monoisotopic (exact) mass is 326 g/mol. The molecule has 2 rings (SSSR count). The summed E-state index contributed by atoms with van der Waals surface area (Å²) < 4.78 is 0.989. The number of hydrogen-bond donors (Lipinski definition) is 3. The van der Waals surface area contributed by atoms with E-state index in [-0.39, 0.29) is 17.9 Å². The number of anilines is 1. The first-order chi connectivity index (χ1) is 9.13. The molecule has 1 fully saturated rings. The minimum atomic E-state index is -0.0397. The molecule has 1 aliphatic rings. The number of rotatable bonds is 7. The molecule has 1 saturated carbocycles. The van der Waals surface area contributed by atoms with Gasteiger partial charge in [-0.15, -0.1) is 0 Å². The number of halogens is 1. The van der Waals surface area contributed by atoms with Crippen molar-refractivity contribution in [3.8, 4) is 0 Å². The van der Waals surface area contributed by atoms with Crippen molar-refractivity contribution < 1.29 is 9.90 Å². The van der Waals surface area contributed by atoms with Gasteiger partial charge in [0.05, 0.1) is 6.54 Å². The molecule has 5 heteroatoms. The van der Waals surface area contributed by atoms with Crippen molar-refractivity contribution in [2.24, 2.45) is 5.41 Å². The smallest absolute Gasteiger partial charge is 0.238 e. The minimum Gasteiger partial charge on any atom is -0.396 e. The van der Waals surface area contributed by atoms with Crippen LogP contribution in [0.3, 0.4) is 0 Å².